The molecule has 2 aliphatic rings. The summed E-state index contributed by atoms with van der Waals surface area (Å²) in [7, 11) is 1.84. The van der Waals surface area contributed by atoms with E-state index >= 15 is 0 Å². The first kappa shape index (κ1) is 13.9. The monoisotopic (exact) mass is 291 g/mol. The van der Waals surface area contributed by atoms with Crippen LogP contribution < -0.4 is 4.90 Å². The molecule has 20 heavy (non-hydrogen) atoms. The molecule has 1 saturated carbocycles. The number of alkyl halides is 1. The van der Waals surface area contributed by atoms with Crippen molar-refractivity contribution in [1.29, 1.82) is 0 Å². The minimum atomic E-state index is 0.0545. The van der Waals surface area contributed by atoms with Crippen molar-refractivity contribution in [2.24, 2.45) is 11.3 Å². The lowest BCUT2D eigenvalue weighted by molar-refractivity contribution is -0.117. The number of amides is 1. The van der Waals surface area contributed by atoms with Gasteiger partial charge >= 0.3 is 0 Å². The molecule has 0 saturated heterocycles. The highest BCUT2D eigenvalue weighted by Crippen LogP contribution is 2.51. The highest BCUT2D eigenvalue weighted by Gasteiger charge is 2.39. The van der Waals surface area contributed by atoms with Crippen molar-refractivity contribution < 1.29 is 4.79 Å². The molecular weight excluding hydrogens is 270 g/mol. The quantitative estimate of drug-likeness (QED) is 0.744. The Morgan fingerprint density at radius 3 is 2.80 bits per heavy atom. The zero-order valence-electron chi connectivity index (χ0n) is 12.4. The lowest BCUT2D eigenvalue weighted by atomic mass is 9.78. The van der Waals surface area contributed by atoms with Crippen LogP contribution in [0.3, 0.4) is 0 Å². The second-order valence-electron chi connectivity index (χ2n) is 6.91. The van der Waals surface area contributed by atoms with E-state index in [9.17, 15) is 4.79 Å². The van der Waals surface area contributed by atoms with Crippen LogP contribution in [0.2, 0.25) is 0 Å². The number of halogens is 1. The van der Waals surface area contributed by atoms with Crippen molar-refractivity contribution >= 4 is 23.2 Å². The van der Waals surface area contributed by atoms with Crippen LogP contribution in [-0.2, 0) is 11.2 Å². The normalized spacial score (nSPS) is 25.9. The van der Waals surface area contributed by atoms with Crippen LogP contribution in [0.4, 0.5) is 5.69 Å². The van der Waals surface area contributed by atoms with E-state index in [-0.39, 0.29) is 11.3 Å². The van der Waals surface area contributed by atoms with Gasteiger partial charge in [-0.3, -0.25) is 4.79 Å². The highest BCUT2D eigenvalue weighted by molar-refractivity contribution is 6.21. The van der Waals surface area contributed by atoms with Crippen molar-refractivity contribution in [3.8, 4) is 0 Å². The van der Waals surface area contributed by atoms with E-state index in [1.54, 1.807) is 4.90 Å². The van der Waals surface area contributed by atoms with Gasteiger partial charge < -0.3 is 4.90 Å². The summed E-state index contributed by atoms with van der Waals surface area (Å²) in [5, 5.41) is 0.0545. The number of rotatable bonds is 2. The Kier molecular flexibility index (Phi) is 3.32. The summed E-state index contributed by atoms with van der Waals surface area (Å²) in [5.41, 5.74) is 3.65. The first-order valence-electron chi connectivity index (χ1n) is 7.43. The number of hydrogen-bond acceptors (Lipinski definition) is 1. The maximum absolute atomic E-state index is 11.8. The van der Waals surface area contributed by atoms with Crippen LogP contribution in [-0.4, -0.2) is 13.0 Å². The average Bonchev–Trinajstić information content (AvgIpc) is 2.89. The van der Waals surface area contributed by atoms with Crippen LogP contribution in [0.5, 0.6) is 0 Å². The van der Waals surface area contributed by atoms with Gasteiger partial charge in [-0.2, -0.15) is 0 Å². The first-order chi connectivity index (χ1) is 9.40. The van der Waals surface area contributed by atoms with Gasteiger partial charge in [0.25, 0.3) is 0 Å². The van der Waals surface area contributed by atoms with E-state index in [1.165, 1.54) is 24.8 Å². The highest BCUT2D eigenvalue weighted by atomic mass is 35.5. The topological polar surface area (TPSA) is 20.3 Å². The van der Waals surface area contributed by atoms with Crippen LogP contribution in [0.25, 0.3) is 0 Å². The lowest BCUT2D eigenvalue weighted by Gasteiger charge is -2.31. The Bertz CT molecular complexity index is 552. The van der Waals surface area contributed by atoms with Crippen LogP contribution in [0.15, 0.2) is 18.2 Å². The molecule has 1 heterocycles. The maximum atomic E-state index is 11.8. The third-order valence-corrected chi connectivity index (χ3v) is 5.75. The summed E-state index contributed by atoms with van der Waals surface area (Å²) in [6.45, 7) is 4.65. The molecule has 3 rings (SSSR count). The van der Waals surface area contributed by atoms with Gasteiger partial charge in [0.2, 0.25) is 5.91 Å². The number of hydrogen-bond donors (Lipinski definition) is 0. The SMILES string of the molecule is CN1C(=O)Cc2cc(C(Cl)C3CCCC3(C)C)ccc21. The van der Waals surface area contributed by atoms with Gasteiger partial charge in [-0.05, 0) is 41.4 Å². The van der Waals surface area contributed by atoms with Crippen LogP contribution >= 0.6 is 11.6 Å². The number of carbonyl (C=O) groups is 1. The molecule has 108 valence electrons. The van der Waals surface area contributed by atoms with E-state index in [0.717, 1.165) is 11.3 Å². The summed E-state index contributed by atoms with van der Waals surface area (Å²) in [5.74, 6) is 0.696. The molecule has 2 nitrogen and oxygen atoms in total. The Labute approximate surface area is 126 Å². The Morgan fingerprint density at radius 2 is 2.15 bits per heavy atom. The van der Waals surface area contributed by atoms with E-state index in [2.05, 4.69) is 26.0 Å². The Morgan fingerprint density at radius 1 is 1.40 bits per heavy atom. The molecule has 3 heteroatoms. The average molecular weight is 292 g/mol. The number of anilines is 1. The maximum Gasteiger partial charge on any atom is 0.231 e. The molecule has 0 aromatic heterocycles. The van der Waals surface area contributed by atoms with Gasteiger partial charge in [0, 0.05) is 12.7 Å². The van der Waals surface area contributed by atoms with Gasteiger partial charge in [0.05, 0.1) is 11.8 Å². The summed E-state index contributed by atoms with van der Waals surface area (Å²) in [6, 6.07) is 6.29. The molecule has 1 amide bonds. The van der Waals surface area contributed by atoms with Crippen LogP contribution in [0.1, 0.15) is 49.6 Å². The third kappa shape index (κ3) is 2.14. The molecule has 0 bridgehead atoms. The third-order valence-electron chi connectivity index (χ3n) is 5.19. The van der Waals surface area contributed by atoms with Gasteiger partial charge in [-0.15, -0.1) is 11.6 Å². The molecule has 1 aliphatic heterocycles. The predicted octanol–water partition coefficient (Wildman–Crippen LogP) is 4.31. The molecule has 2 atom stereocenters. The van der Waals surface area contributed by atoms with E-state index in [0.29, 0.717) is 17.8 Å². The molecule has 1 aromatic rings. The zero-order chi connectivity index (χ0) is 14.5. The van der Waals surface area contributed by atoms with Crippen molar-refractivity contribution in [2.45, 2.75) is 44.9 Å². The van der Waals surface area contributed by atoms with Crippen molar-refractivity contribution in [1.82, 2.24) is 0 Å². The van der Waals surface area contributed by atoms with Crippen molar-refractivity contribution in [3.63, 3.8) is 0 Å². The largest absolute Gasteiger partial charge is 0.315 e. The van der Waals surface area contributed by atoms with Crippen molar-refractivity contribution in [3.05, 3.63) is 29.3 Å². The summed E-state index contributed by atoms with van der Waals surface area (Å²) >= 11 is 6.77. The minimum Gasteiger partial charge on any atom is -0.315 e. The fraction of sp³-hybridized carbons (Fsp3) is 0.588. The summed E-state index contributed by atoms with van der Waals surface area (Å²) in [6.07, 6.45) is 4.24. The van der Waals surface area contributed by atoms with Gasteiger partial charge in [-0.1, -0.05) is 32.4 Å². The molecule has 0 N–H and O–H groups in total. The van der Waals surface area contributed by atoms with E-state index in [4.69, 9.17) is 11.6 Å². The molecule has 1 fully saturated rings. The fourth-order valence-corrected chi connectivity index (χ4v) is 4.39. The number of benzene rings is 1. The lowest BCUT2D eigenvalue weighted by Crippen LogP contribution is -2.21. The van der Waals surface area contributed by atoms with E-state index in [1.807, 2.05) is 13.1 Å². The van der Waals surface area contributed by atoms with Gasteiger partial charge in [0.1, 0.15) is 0 Å². The zero-order valence-corrected chi connectivity index (χ0v) is 13.2. The molecule has 1 aromatic carbocycles. The van der Waals surface area contributed by atoms with Crippen LogP contribution in [0, 0.1) is 11.3 Å². The smallest absolute Gasteiger partial charge is 0.231 e. The molecular formula is C17H22ClNO. The summed E-state index contributed by atoms with van der Waals surface area (Å²) < 4.78 is 0. The predicted molar refractivity (Wildman–Crippen MR) is 83.3 cm³/mol. The standard InChI is InChI=1S/C17H22ClNO/c1-17(2)8-4-5-13(17)16(18)11-6-7-14-12(9-11)10-15(20)19(14)3/h6-7,9,13,16H,4-5,8,10H2,1-3H3. The second kappa shape index (κ2) is 4.77. The molecule has 0 spiro atoms. The molecule has 1 aliphatic carbocycles. The Balaban J connectivity index is 1.89. The number of fused-ring (bicyclic) bond motifs is 1. The molecule has 0 radical (unpaired) electrons. The summed E-state index contributed by atoms with van der Waals surface area (Å²) in [4.78, 5) is 13.5. The first-order valence-corrected chi connectivity index (χ1v) is 7.87. The second-order valence-corrected chi connectivity index (χ2v) is 7.38. The number of carbonyl (C=O) groups excluding carboxylic acids is 1. The Hall–Kier alpha value is -1.02. The fourth-order valence-electron chi connectivity index (χ4n) is 3.79. The minimum absolute atomic E-state index is 0.0545. The van der Waals surface area contributed by atoms with Gasteiger partial charge in [0.15, 0.2) is 0 Å². The van der Waals surface area contributed by atoms with Crippen molar-refractivity contribution in [2.75, 3.05) is 11.9 Å². The van der Waals surface area contributed by atoms with Gasteiger partial charge in [-0.25, -0.2) is 0 Å². The molecule has 2 unspecified atom stereocenters. The van der Waals surface area contributed by atoms with E-state index < -0.39 is 0 Å². The number of likely N-dealkylation sites (N-methyl/N-ethyl adjacent to an activating group) is 1. The number of nitrogens with zero attached hydrogens (tertiary/aromatic N) is 1.